The Labute approximate surface area is 143 Å². The average Bonchev–Trinajstić information content (AvgIpc) is 2.78. The van der Waals surface area contributed by atoms with E-state index in [9.17, 15) is 13.6 Å². The molecule has 0 aromatic heterocycles. The summed E-state index contributed by atoms with van der Waals surface area (Å²) in [6.45, 7) is 0.213. The second-order valence-electron chi connectivity index (χ2n) is 5.23. The van der Waals surface area contributed by atoms with E-state index in [2.05, 4.69) is 0 Å². The summed E-state index contributed by atoms with van der Waals surface area (Å²) >= 11 is 0. The molecule has 0 aliphatic carbocycles. The molecule has 0 saturated heterocycles. The first-order valence-corrected chi connectivity index (χ1v) is 7.56. The second-order valence-corrected chi connectivity index (χ2v) is 5.23. The van der Waals surface area contributed by atoms with Gasteiger partial charge in [-0.2, -0.15) is 0 Å². The molecule has 0 saturated carbocycles. The minimum absolute atomic E-state index is 0.0753. The molecule has 3 nitrogen and oxygen atoms in total. The van der Waals surface area contributed by atoms with Crippen LogP contribution >= 0.6 is 0 Å². The topological polar surface area (TPSA) is 35.5 Å². The highest BCUT2D eigenvalue weighted by atomic mass is 19.1. The van der Waals surface area contributed by atoms with Gasteiger partial charge in [0.1, 0.15) is 12.4 Å². The fourth-order valence-corrected chi connectivity index (χ4v) is 2.16. The molecule has 0 radical (unpaired) electrons. The zero-order valence-electron chi connectivity index (χ0n) is 13.1. The van der Waals surface area contributed by atoms with E-state index in [1.54, 1.807) is 12.1 Å². The largest absolute Gasteiger partial charge is 0.485 e. The van der Waals surface area contributed by atoms with Crippen molar-refractivity contribution < 1.29 is 18.3 Å². The van der Waals surface area contributed by atoms with Crippen molar-refractivity contribution in [2.45, 2.75) is 6.61 Å². The number of hydrogen-bond donors (Lipinski definition) is 0. The van der Waals surface area contributed by atoms with E-state index in [1.165, 1.54) is 12.1 Å². The van der Waals surface area contributed by atoms with E-state index in [4.69, 9.17) is 9.47 Å². The van der Waals surface area contributed by atoms with Gasteiger partial charge in [-0.15, -0.1) is 0 Å². The van der Waals surface area contributed by atoms with Crippen LogP contribution in [0, 0.1) is 11.6 Å². The van der Waals surface area contributed by atoms with Crippen LogP contribution in [0.4, 0.5) is 8.78 Å². The van der Waals surface area contributed by atoms with Gasteiger partial charge in [0.15, 0.2) is 23.1 Å². The van der Waals surface area contributed by atoms with Crippen molar-refractivity contribution in [1.82, 2.24) is 0 Å². The van der Waals surface area contributed by atoms with E-state index in [1.807, 2.05) is 30.3 Å². The van der Waals surface area contributed by atoms with E-state index in [0.29, 0.717) is 6.07 Å². The van der Waals surface area contributed by atoms with Crippen LogP contribution in [0.2, 0.25) is 0 Å². The Morgan fingerprint density at radius 3 is 2.16 bits per heavy atom. The highest BCUT2D eigenvalue weighted by Gasteiger charge is 2.11. The van der Waals surface area contributed by atoms with Crippen LogP contribution in [-0.2, 0) is 6.61 Å². The van der Waals surface area contributed by atoms with Gasteiger partial charge in [0.25, 0.3) is 5.43 Å². The minimum atomic E-state index is -0.891. The molecule has 0 amide bonds. The number of rotatable bonds is 5. The summed E-state index contributed by atoms with van der Waals surface area (Å²) in [6, 6.07) is 18.4. The van der Waals surface area contributed by atoms with Crippen LogP contribution in [0.1, 0.15) is 5.56 Å². The number of benzene rings is 2. The molecule has 0 unspecified atom stereocenters. The molecule has 0 aliphatic heterocycles. The third kappa shape index (κ3) is 4.20. The maximum absolute atomic E-state index is 13.7. The Bertz CT molecular complexity index is 927. The Balaban J connectivity index is 1.86. The highest BCUT2D eigenvalue weighted by Crippen LogP contribution is 2.23. The molecular weight excluding hydrogens is 326 g/mol. The van der Waals surface area contributed by atoms with Crippen molar-refractivity contribution in [3.63, 3.8) is 0 Å². The smallest absolute Gasteiger partial charge is 0.262 e. The lowest BCUT2D eigenvalue weighted by Gasteiger charge is -2.07. The molecular formula is C20H14F2O3. The van der Waals surface area contributed by atoms with Crippen LogP contribution in [0.5, 0.6) is 17.2 Å². The first-order valence-electron chi connectivity index (χ1n) is 7.56. The molecule has 0 bridgehead atoms. The van der Waals surface area contributed by atoms with Gasteiger partial charge in [-0.25, -0.2) is 8.78 Å². The van der Waals surface area contributed by atoms with Gasteiger partial charge in [0.05, 0.1) is 0 Å². The standard InChI is InChI=1S/C20H14F2O3/c21-15-10-11-17(16(22)12-15)25-19-9-5-4-8-18(20(19)23)24-13-14-6-2-1-3-7-14/h1-12H,13H2. The van der Waals surface area contributed by atoms with E-state index in [0.717, 1.165) is 17.7 Å². The first-order chi connectivity index (χ1) is 12.1. The van der Waals surface area contributed by atoms with Crippen molar-refractivity contribution in [2.75, 3.05) is 0 Å². The number of ether oxygens (including phenoxy) is 2. The van der Waals surface area contributed by atoms with Crippen molar-refractivity contribution in [3.8, 4) is 17.2 Å². The molecule has 0 spiro atoms. The van der Waals surface area contributed by atoms with Gasteiger partial charge < -0.3 is 9.47 Å². The lowest BCUT2D eigenvalue weighted by Crippen LogP contribution is -2.08. The van der Waals surface area contributed by atoms with Crippen LogP contribution in [0.3, 0.4) is 0 Å². The minimum Gasteiger partial charge on any atom is -0.485 e. The SMILES string of the molecule is O=c1c(OCc2ccccc2)ccccc1Oc1ccc(F)cc1F. The summed E-state index contributed by atoms with van der Waals surface area (Å²) in [6.07, 6.45) is 0. The normalized spacial score (nSPS) is 10.3. The molecule has 126 valence electrons. The monoisotopic (exact) mass is 340 g/mol. The Morgan fingerprint density at radius 2 is 1.44 bits per heavy atom. The Hall–Kier alpha value is -3.21. The van der Waals surface area contributed by atoms with Crippen molar-refractivity contribution in [2.24, 2.45) is 0 Å². The van der Waals surface area contributed by atoms with Gasteiger partial charge in [-0.1, -0.05) is 42.5 Å². The van der Waals surface area contributed by atoms with Gasteiger partial charge in [-0.3, -0.25) is 4.79 Å². The third-order valence-electron chi connectivity index (χ3n) is 3.40. The molecule has 0 fully saturated rings. The molecule has 3 rings (SSSR count). The Kier molecular flexibility index (Phi) is 5.04. The fraction of sp³-hybridized carbons (Fsp3) is 0.0500. The summed E-state index contributed by atoms with van der Waals surface area (Å²) in [5.41, 5.74) is 0.380. The molecule has 0 atom stereocenters. The quantitative estimate of drug-likeness (QED) is 0.675. The highest BCUT2D eigenvalue weighted by molar-refractivity contribution is 5.36. The summed E-state index contributed by atoms with van der Waals surface area (Å²) in [4.78, 5) is 12.5. The predicted octanol–water partition coefficient (Wildman–Crippen LogP) is 4.70. The Morgan fingerprint density at radius 1 is 0.760 bits per heavy atom. The van der Waals surface area contributed by atoms with Crippen LogP contribution in [0.15, 0.2) is 77.6 Å². The van der Waals surface area contributed by atoms with Gasteiger partial charge in [-0.05, 0) is 29.8 Å². The van der Waals surface area contributed by atoms with Gasteiger partial charge in [0, 0.05) is 6.07 Å². The van der Waals surface area contributed by atoms with E-state index in [-0.39, 0.29) is 23.9 Å². The van der Waals surface area contributed by atoms with Crippen LogP contribution < -0.4 is 14.9 Å². The first kappa shape index (κ1) is 16.6. The fourth-order valence-electron chi connectivity index (χ4n) is 2.16. The molecule has 0 N–H and O–H groups in total. The van der Waals surface area contributed by atoms with Gasteiger partial charge >= 0.3 is 0 Å². The zero-order chi connectivity index (χ0) is 17.6. The lowest BCUT2D eigenvalue weighted by molar-refractivity contribution is 0.302. The number of halogens is 2. The molecule has 3 aromatic carbocycles. The molecule has 5 heteroatoms. The van der Waals surface area contributed by atoms with E-state index < -0.39 is 17.1 Å². The lowest BCUT2D eigenvalue weighted by atomic mass is 10.2. The zero-order valence-corrected chi connectivity index (χ0v) is 13.1. The molecule has 25 heavy (non-hydrogen) atoms. The maximum atomic E-state index is 13.7. The van der Waals surface area contributed by atoms with E-state index >= 15 is 0 Å². The van der Waals surface area contributed by atoms with Gasteiger partial charge in [0.2, 0.25) is 0 Å². The summed E-state index contributed by atoms with van der Waals surface area (Å²) in [5.74, 6) is -1.89. The number of hydrogen-bond acceptors (Lipinski definition) is 3. The average molecular weight is 340 g/mol. The van der Waals surface area contributed by atoms with Crippen molar-refractivity contribution in [1.29, 1.82) is 0 Å². The summed E-state index contributed by atoms with van der Waals surface area (Å²) in [5, 5.41) is 0. The molecule has 3 aromatic rings. The van der Waals surface area contributed by atoms with Crippen LogP contribution in [-0.4, -0.2) is 0 Å². The second kappa shape index (κ2) is 7.57. The maximum Gasteiger partial charge on any atom is 0.262 e. The predicted molar refractivity (Wildman–Crippen MR) is 89.9 cm³/mol. The summed E-state index contributed by atoms with van der Waals surface area (Å²) < 4.78 is 37.6. The van der Waals surface area contributed by atoms with Crippen molar-refractivity contribution in [3.05, 3.63) is 100 Å². The van der Waals surface area contributed by atoms with Crippen LogP contribution in [0.25, 0.3) is 0 Å². The summed E-state index contributed by atoms with van der Waals surface area (Å²) in [7, 11) is 0. The molecule has 0 heterocycles. The van der Waals surface area contributed by atoms with Crippen molar-refractivity contribution >= 4 is 0 Å². The third-order valence-corrected chi connectivity index (χ3v) is 3.40. The molecule has 0 aliphatic rings.